The highest BCUT2D eigenvalue weighted by Gasteiger charge is 2.37. The number of piperidine rings is 1. The number of fused-ring (bicyclic) bond motifs is 2. The van der Waals surface area contributed by atoms with Crippen LogP contribution in [0.25, 0.3) is 11.3 Å². The molecular weight excluding hydrogens is 681 g/mol. The highest BCUT2D eigenvalue weighted by atomic mass is 19.4. The van der Waals surface area contributed by atoms with Crippen molar-refractivity contribution in [3.63, 3.8) is 0 Å². The molecule has 1 aliphatic carbocycles. The first-order valence-corrected chi connectivity index (χ1v) is 17.7. The molecular formula is C36H47F3N8O5. The van der Waals surface area contributed by atoms with E-state index in [2.05, 4.69) is 15.4 Å². The van der Waals surface area contributed by atoms with Crippen LogP contribution in [-0.4, -0.2) is 83.1 Å². The molecule has 4 aromatic rings. The molecule has 6 rings (SSSR count). The van der Waals surface area contributed by atoms with Gasteiger partial charge in [-0.1, -0.05) is 6.92 Å². The Kier molecular flexibility index (Phi) is 9.83. The Bertz CT molecular complexity index is 1960. The van der Waals surface area contributed by atoms with Gasteiger partial charge < -0.3 is 29.2 Å². The largest absolute Gasteiger partial charge is 0.444 e. The molecule has 2 aliphatic rings. The van der Waals surface area contributed by atoms with Crippen LogP contribution in [-0.2, 0) is 28.6 Å². The third-order valence-corrected chi connectivity index (χ3v) is 9.01. The van der Waals surface area contributed by atoms with E-state index in [0.717, 1.165) is 18.4 Å². The molecule has 52 heavy (non-hydrogen) atoms. The quantitative estimate of drug-likeness (QED) is 0.200. The van der Waals surface area contributed by atoms with Crippen LogP contribution in [0, 0.1) is 5.92 Å². The number of pyridine rings is 1. The van der Waals surface area contributed by atoms with E-state index in [1.165, 1.54) is 31.0 Å². The van der Waals surface area contributed by atoms with E-state index in [1.54, 1.807) is 60.0 Å². The summed E-state index contributed by atoms with van der Waals surface area (Å²) in [5, 5.41) is 18.8. The fraction of sp³-hybridized carbons (Fsp3) is 0.583. The van der Waals surface area contributed by atoms with Crippen molar-refractivity contribution in [1.29, 1.82) is 0 Å². The molecule has 16 heteroatoms. The second-order valence-corrected chi connectivity index (χ2v) is 15.7. The van der Waals surface area contributed by atoms with E-state index in [0.29, 0.717) is 43.0 Å². The third kappa shape index (κ3) is 8.37. The number of aliphatic hydroxyl groups is 1. The molecule has 2 amide bonds. The first-order chi connectivity index (χ1) is 24.3. The Balaban J connectivity index is 1.32. The number of β-amino-alcohol motifs (C(OH)–C–C–N with tert-alkyl or cyclic N) is 1. The smallest absolute Gasteiger partial charge is 0.419 e. The molecule has 0 unspecified atom stereocenters. The van der Waals surface area contributed by atoms with Gasteiger partial charge in [0.2, 0.25) is 0 Å². The molecule has 1 saturated carbocycles. The Hall–Kier alpha value is -4.60. The van der Waals surface area contributed by atoms with Crippen molar-refractivity contribution in [2.24, 2.45) is 5.92 Å². The van der Waals surface area contributed by atoms with Crippen LogP contribution >= 0.6 is 0 Å². The van der Waals surface area contributed by atoms with E-state index >= 15 is 0 Å². The first-order valence-electron chi connectivity index (χ1n) is 17.7. The first kappa shape index (κ1) is 37.2. The molecule has 2 fully saturated rings. The molecule has 1 aliphatic heterocycles. The Morgan fingerprint density at radius 1 is 1.00 bits per heavy atom. The van der Waals surface area contributed by atoms with Crippen molar-refractivity contribution < 1.29 is 37.3 Å². The number of likely N-dealkylation sites (tertiary alicyclic amines) is 1. The predicted octanol–water partition coefficient (Wildman–Crippen LogP) is 6.81. The van der Waals surface area contributed by atoms with Crippen molar-refractivity contribution in [1.82, 2.24) is 28.9 Å². The zero-order chi connectivity index (χ0) is 37.7. The van der Waals surface area contributed by atoms with E-state index in [1.807, 2.05) is 6.92 Å². The summed E-state index contributed by atoms with van der Waals surface area (Å²) in [6, 6.07) is 2.79. The van der Waals surface area contributed by atoms with Crippen LogP contribution in [0.2, 0.25) is 0 Å². The highest BCUT2D eigenvalue weighted by molar-refractivity contribution is 5.88. The lowest BCUT2D eigenvalue weighted by Gasteiger charge is -2.36. The summed E-state index contributed by atoms with van der Waals surface area (Å²) in [4.78, 5) is 38.5. The zero-order valence-corrected chi connectivity index (χ0v) is 30.6. The fourth-order valence-electron chi connectivity index (χ4n) is 6.28. The maximum Gasteiger partial charge on any atom is 0.419 e. The van der Waals surface area contributed by atoms with E-state index in [-0.39, 0.29) is 42.1 Å². The summed E-state index contributed by atoms with van der Waals surface area (Å²) in [7, 11) is 0. The van der Waals surface area contributed by atoms with Gasteiger partial charge in [-0.2, -0.15) is 22.8 Å². The van der Waals surface area contributed by atoms with Gasteiger partial charge in [-0.25, -0.2) is 19.6 Å². The van der Waals surface area contributed by atoms with Crippen LogP contribution in [0.5, 0.6) is 0 Å². The third-order valence-electron chi connectivity index (χ3n) is 9.01. The minimum absolute atomic E-state index is 0.0804. The second-order valence-electron chi connectivity index (χ2n) is 15.7. The van der Waals surface area contributed by atoms with Gasteiger partial charge in [0.25, 0.3) is 0 Å². The number of carbonyl (C=O) groups excluding carboxylic acids is 2. The topological polar surface area (TPSA) is 139 Å². The number of ether oxygens (including phenoxy) is 2. The number of halogens is 3. The SMILES string of the molecule is CCc1cnn2c(N(Cc3cn4cc(C5CC5)cc(C(F)(F)F)c4n3)C(=O)OC(C)(C)C)cc(NC[C@H]3CCN(C(=O)OC(C)(C)C)C[C@@H]3O)nc12. The average molecular weight is 729 g/mol. The molecule has 0 aromatic carbocycles. The van der Waals surface area contributed by atoms with Gasteiger partial charge in [-0.3, -0.25) is 4.90 Å². The lowest BCUT2D eigenvalue weighted by atomic mass is 9.94. The molecule has 4 aromatic heterocycles. The van der Waals surface area contributed by atoms with Crippen LogP contribution < -0.4 is 10.2 Å². The van der Waals surface area contributed by atoms with Crippen molar-refractivity contribution in [2.75, 3.05) is 29.9 Å². The summed E-state index contributed by atoms with van der Waals surface area (Å²) in [5.41, 5.74) is -0.542. The van der Waals surface area contributed by atoms with Gasteiger partial charge in [0.1, 0.15) is 28.5 Å². The molecule has 1 saturated heterocycles. The molecule has 5 heterocycles. The number of rotatable bonds is 8. The summed E-state index contributed by atoms with van der Waals surface area (Å²) < 4.78 is 56.9. The zero-order valence-electron chi connectivity index (χ0n) is 30.6. The van der Waals surface area contributed by atoms with E-state index in [9.17, 15) is 27.9 Å². The van der Waals surface area contributed by atoms with Crippen molar-refractivity contribution in [2.45, 2.75) is 110 Å². The minimum Gasteiger partial charge on any atom is -0.444 e. The molecule has 282 valence electrons. The van der Waals surface area contributed by atoms with Gasteiger partial charge in [0.05, 0.1) is 36.6 Å². The molecule has 2 atom stereocenters. The van der Waals surface area contributed by atoms with E-state index < -0.39 is 41.2 Å². The van der Waals surface area contributed by atoms with Gasteiger partial charge >= 0.3 is 18.4 Å². The Labute approximate surface area is 300 Å². The number of hydrogen-bond donors (Lipinski definition) is 2. The molecule has 2 N–H and O–H groups in total. The predicted molar refractivity (Wildman–Crippen MR) is 187 cm³/mol. The molecule has 0 radical (unpaired) electrons. The van der Waals surface area contributed by atoms with Crippen molar-refractivity contribution in [3.8, 4) is 0 Å². The number of amides is 2. The van der Waals surface area contributed by atoms with Crippen LogP contribution in [0.15, 0.2) is 30.7 Å². The van der Waals surface area contributed by atoms with Crippen LogP contribution in [0.3, 0.4) is 0 Å². The number of aromatic nitrogens is 5. The minimum atomic E-state index is -4.62. The van der Waals surface area contributed by atoms with Crippen molar-refractivity contribution >= 4 is 35.1 Å². The number of nitrogens with zero attached hydrogens (tertiary/aromatic N) is 7. The number of aliphatic hydroxyl groups excluding tert-OH is 1. The second kappa shape index (κ2) is 13.7. The number of hydrogen-bond acceptors (Lipinski definition) is 9. The summed E-state index contributed by atoms with van der Waals surface area (Å²) in [6.45, 7) is 13.1. The maximum absolute atomic E-state index is 14.2. The van der Waals surface area contributed by atoms with Crippen LogP contribution in [0.4, 0.5) is 34.4 Å². The normalized spacial score (nSPS) is 18.6. The molecule has 0 spiro atoms. The standard InChI is InChI=1S/C36H47F3N8O5/c1-8-21-16-41-47-29(14-28(43-30(21)47)40-15-23-11-12-44(20-27(23)48)32(49)51-34(2,3)4)46(33(50)52-35(5,6)7)19-25-18-45-17-24(22-9-10-22)13-26(31(45)42-25)36(37,38)39/h13-14,16-18,22-23,27,48H,8-12,15,19-20H2,1-7H3,(H,40,43)/t23-,27+/m1/s1. The number of anilines is 2. The van der Waals surface area contributed by atoms with E-state index in [4.69, 9.17) is 14.5 Å². The molecule has 13 nitrogen and oxygen atoms in total. The number of imidazole rings is 1. The fourth-order valence-corrected chi connectivity index (χ4v) is 6.28. The van der Waals surface area contributed by atoms with Crippen molar-refractivity contribution in [3.05, 3.63) is 53.1 Å². The lowest BCUT2D eigenvalue weighted by Crippen LogP contribution is -2.49. The maximum atomic E-state index is 14.2. The Morgan fingerprint density at radius 3 is 2.33 bits per heavy atom. The number of alkyl halides is 3. The summed E-state index contributed by atoms with van der Waals surface area (Å²) >= 11 is 0. The monoisotopic (exact) mass is 728 g/mol. The number of carbonyl (C=O) groups is 2. The number of aryl methyl sites for hydroxylation is 1. The Morgan fingerprint density at radius 2 is 1.71 bits per heavy atom. The van der Waals surface area contributed by atoms with Gasteiger partial charge in [-0.15, -0.1) is 0 Å². The van der Waals surface area contributed by atoms with Crippen LogP contribution in [0.1, 0.15) is 96.0 Å². The lowest BCUT2D eigenvalue weighted by molar-refractivity contribution is -0.136. The van der Waals surface area contributed by atoms with Gasteiger partial charge in [-0.05, 0) is 84.8 Å². The molecule has 0 bridgehead atoms. The summed E-state index contributed by atoms with van der Waals surface area (Å²) in [5.74, 6) is 0.501. The van der Waals surface area contributed by atoms with Gasteiger partial charge in [0.15, 0.2) is 5.65 Å². The summed E-state index contributed by atoms with van der Waals surface area (Å²) in [6.07, 6.45) is 0.922. The average Bonchev–Trinajstić information content (AvgIpc) is 3.67. The van der Waals surface area contributed by atoms with Gasteiger partial charge in [0, 0.05) is 43.0 Å². The number of nitrogens with one attached hydrogen (secondary N) is 1. The highest BCUT2D eigenvalue weighted by Crippen LogP contribution is 2.43.